The van der Waals surface area contributed by atoms with Crippen molar-refractivity contribution in [3.05, 3.63) is 34.8 Å². The minimum absolute atomic E-state index is 0.263. The SMILES string of the molecule is C=CCOc1c(Br)cc(CN2CCC(C(=O)O)C2)cc1OC. The average molecular weight is 370 g/mol. The summed E-state index contributed by atoms with van der Waals surface area (Å²) < 4.78 is 11.8. The quantitative estimate of drug-likeness (QED) is 0.748. The van der Waals surface area contributed by atoms with E-state index in [2.05, 4.69) is 27.4 Å². The van der Waals surface area contributed by atoms with Crippen molar-refractivity contribution in [1.82, 2.24) is 4.90 Å². The van der Waals surface area contributed by atoms with Crippen LogP contribution in [-0.2, 0) is 11.3 Å². The minimum atomic E-state index is -0.713. The standard InChI is InChI=1S/C16H20BrNO4/c1-3-6-22-15-13(17)7-11(8-14(15)21-2)9-18-5-4-12(10-18)16(19)20/h3,7-8,12H,1,4-6,9-10H2,2H3,(H,19,20). The highest BCUT2D eigenvalue weighted by Crippen LogP contribution is 2.37. The Balaban J connectivity index is 2.10. The van der Waals surface area contributed by atoms with Gasteiger partial charge in [0.1, 0.15) is 6.61 Å². The zero-order valence-corrected chi connectivity index (χ0v) is 14.1. The van der Waals surface area contributed by atoms with Crippen LogP contribution >= 0.6 is 15.9 Å². The molecule has 1 aliphatic heterocycles. The molecule has 0 aliphatic carbocycles. The smallest absolute Gasteiger partial charge is 0.307 e. The lowest BCUT2D eigenvalue weighted by Crippen LogP contribution is -2.22. The van der Waals surface area contributed by atoms with Crippen LogP contribution in [0.2, 0.25) is 0 Å². The molecule has 2 rings (SSSR count). The monoisotopic (exact) mass is 369 g/mol. The van der Waals surface area contributed by atoms with Crippen molar-refractivity contribution in [2.45, 2.75) is 13.0 Å². The maximum absolute atomic E-state index is 11.0. The predicted molar refractivity (Wildman–Crippen MR) is 87.4 cm³/mol. The normalized spacial score (nSPS) is 18.2. The molecule has 0 bridgehead atoms. The maximum atomic E-state index is 11.0. The first-order valence-corrected chi connectivity index (χ1v) is 7.89. The van der Waals surface area contributed by atoms with Crippen LogP contribution in [-0.4, -0.2) is 42.8 Å². The molecule has 1 unspecified atom stereocenters. The van der Waals surface area contributed by atoms with E-state index in [1.165, 1.54) is 0 Å². The van der Waals surface area contributed by atoms with E-state index in [0.717, 1.165) is 16.6 Å². The zero-order valence-electron chi connectivity index (χ0n) is 12.5. The minimum Gasteiger partial charge on any atom is -0.493 e. The Morgan fingerprint density at radius 2 is 2.36 bits per heavy atom. The highest BCUT2D eigenvalue weighted by molar-refractivity contribution is 9.10. The fourth-order valence-electron chi connectivity index (χ4n) is 2.58. The van der Waals surface area contributed by atoms with Crippen molar-refractivity contribution in [2.75, 3.05) is 26.8 Å². The molecule has 1 saturated heterocycles. The predicted octanol–water partition coefficient (Wildman–Crippen LogP) is 2.93. The second-order valence-electron chi connectivity index (χ2n) is 5.27. The molecule has 0 saturated carbocycles. The highest BCUT2D eigenvalue weighted by atomic mass is 79.9. The summed E-state index contributed by atoms with van der Waals surface area (Å²) in [7, 11) is 1.60. The molecule has 1 aromatic rings. The van der Waals surface area contributed by atoms with Gasteiger partial charge in [-0.25, -0.2) is 0 Å². The van der Waals surface area contributed by atoms with Crippen LogP contribution < -0.4 is 9.47 Å². The summed E-state index contributed by atoms with van der Waals surface area (Å²) >= 11 is 3.50. The molecular formula is C16H20BrNO4. The largest absolute Gasteiger partial charge is 0.493 e. The molecule has 6 heteroatoms. The van der Waals surface area contributed by atoms with Crippen LogP contribution in [0.5, 0.6) is 11.5 Å². The van der Waals surface area contributed by atoms with E-state index in [-0.39, 0.29) is 5.92 Å². The Morgan fingerprint density at radius 1 is 1.59 bits per heavy atom. The molecule has 0 amide bonds. The third kappa shape index (κ3) is 4.01. The third-order valence-electron chi connectivity index (χ3n) is 3.66. The van der Waals surface area contributed by atoms with E-state index in [4.69, 9.17) is 14.6 Å². The number of carboxylic acids is 1. The molecule has 120 valence electrons. The van der Waals surface area contributed by atoms with Gasteiger partial charge in [-0.05, 0) is 46.6 Å². The van der Waals surface area contributed by atoms with Gasteiger partial charge in [0.2, 0.25) is 0 Å². The molecule has 1 fully saturated rings. The number of methoxy groups -OCH3 is 1. The molecule has 5 nitrogen and oxygen atoms in total. The molecule has 1 aromatic carbocycles. The van der Waals surface area contributed by atoms with Gasteiger partial charge in [0.15, 0.2) is 11.5 Å². The van der Waals surface area contributed by atoms with Crippen molar-refractivity contribution in [3.8, 4) is 11.5 Å². The van der Waals surface area contributed by atoms with Crippen LogP contribution in [0.3, 0.4) is 0 Å². The number of rotatable bonds is 7. The first kappa shape index (κ1) is 16.8. The van der Waals surface area contributed by atoms with Crippen LogP contribution in [0.15, 0.2) is 29.3 Å². The van der Waals surface area contributed by atoms with Crippen molar-refractivity contribution < 1.29 is 19.4 Å². The maximum Gasteiger partial charge on any atom is 0.307 e. The fraction of sp³-hybridized carbons (Fsp3) is 0.438. The van der Waals surface area contributed by atoms with Crippen LogP contribution in [0, 0.1) is 5.92 Å². The summed E-state index contributed by atoms with van der Waals surface area (Å²) in [5.74, 6) is 0.325. The highest BCUT2D eigenvalue weighted by Gasteiger charge is 2.28. The van der Waals surface area contributed by atoms with Crippen molar-refractivity contribution in [2.24, 2.45) is 5.92 Å². The van der Waals surface area contributed by atoms with E-state index >= 15 is 0 Å². The summed E-state index contributed by atoms with van der Waals surface area (Å²) in [6.07, 6.45) is 2.38. The number of aliphatic carboxylic acids is 1. The Morgan fingerprint density at radius 3 is 2.95 bits per heavy atom. The zero-order chi connectivity index (χ0) is 16.1. The average Bonchev–Trinajstić information content (AvgIpc) is 2.94. The molecule has 1 atom stereocenters. The van der Waals surface area contributed by atoms with E-state index in [1.807, 2.05) is 12.1 Å². The lowest BCUT2D eigenvalue weighted by molar-refractivity contribution is -0.141. The van der Waals surface area contributed by atoms with Gasteiger partial charge in [-0.3, -0.25) is 9.69 Å². The first-order chi connectivity index (χ1) is 10.5. The second-order valence-corrected chi connectivity index (χ2v) is 6.12. The molecule has 22 heavy (non-hydrogen) atoms. The van der Waals surface area contributed by atoms with Crippen LogP contribution in [0.1, 0.15) is 12.0 Å². The number of likely N-dealkylation sites (tertiary alicyclic amines) is 1. The molecule has 0 spiro atoms. The second kappa shape index (κ2) is 7.65. The van der Waals surface area contributed by atoms with Crippen LogP contribution in [0.4, 0.5) is 0 Å². The van der Waals surface area contributed by atoms with E-state index in [0.29, 0.717) is 37.6 Å². The number of hydrogen-bond acceptors (Lipinski definition) is 4. The van der Waals surface area contributed by atoms with E-state index < -0.39 is 5.97 Å². The Kier molecular flexibility index (Phi) is 5.85. The van der Waals surface area contributed by atoms with Crippen molar-refractivity contribution in [1.29, 1.82) is 0 Å². The van der Waals surface area contributed by atoms with Crippen molar-refractivity contribution >= 4 is 21.9 Å². The van der Waals surface area contributed by atoms with Crippen molar-refractivity contribution in [3.63, 3.8) is 0 Å². The fourth-order valence-corrected chi connectivity index (χ4v) is 3.19. The number of benzene rings is 1. The van der Waals surface area contributed by atoms with Gasteiger partial charge in [-0.15, -0.1) is 0 Å². The van der Waals surface area contributed by atoms with E-state index in [9.17, 15) is 4.79 Å². The topological polar surface area (TPSA) is 59.0 Å². The molecule has 1 N–H and O–H groups in total. The number of ether oxygens (including phenoxy) is 2. The van der Waals surface area contributed by atoms with Gasteiger partial charge < -0.3 is 14.6 Å². The number of carboxylic acid groups (broad SMARTS) is 1. The lowest BCUT2D eigenvalue weighted by Gasteiger charge is -2.18. The summed E-state index contributed by atoms with van der Waals surface area (Å²) in [5, 5.41) is 9.06. The van der Waals surface area contributed by atoms with Gasteiger partial charge in [0.05, 0.1) is 17.5 Å². The summed E-state index contributed by atoms with van der Waals surface area (Å²) in [6.45, 7) is 6.12. The number of nitrogens with zero attached hydrogens (tertiary/aromatic N) is 1. The Hall–Kier alpha value is -1.53. The number of hydrogen-bond donors (Lipinski definition) is 1. The molecule has 0 radical (unpaired) electrons. The van der Waals surface area contributed by atoms with Gasteiger partial charge in [0.25, 0.3) is 0 Å². The van der Waals surface area contributed by atoms with Gasteiger partial charge in [-0.2, -0.15) is 0 Å². The van der Waals surface area contributed by atoms with Gasteiger partial charge in [0, 0.05) is 13.1 Å². The lowest BCUT2D eigenvalue weighted by atomic mass is 10.1. The molecular weight excluding hydrogens is 350 g/mol. The summed E-state index contributed by atoms with van der Waals surface area (Å²) in [5.41, 5.74) is 1.06. The summed E-state index contributed by atoms with van der Waals surface area (Å²) in [6, 6.07) is 3.91. The van der Waals surface area contributed by atoms with Gasteiger partial charge >= 0.3 is 5.97 Å². The Labute approximate surface area is 138 Å². The Bertz CT molecular complexity index is 561. The number of carbonyl (C=O) groups is 1. The third-order valence-corrected chi connectivity index (χ3v) is 4.25. The van der Waals surface area contributed by atoms with E-state index in [1.54, 1.807) is 13.2 Å². The number of halogens is 1. The summed E-state index contributed by atoms with van der Waals surface area (Å²) in [4.78, 5) is 13.2. The first-order valence-electron chi connectivity index (χ1n) is 7.10. The molecule has 1 heterocycles. The molecule has 0 aromatic heterocycles. The van der Waals surface area contributed by atoms with Crippen LogP contribution in [0.25, 0.3) is 0 Å². The molecule has 1 aliphatic rings. The van der Waals surface area contributed by atoms with Gasteiger partial charge in [-0.1, -0.05) is 12.7 Å².